The van der Waals surface area contributed by atoms with Crippen LogP contribution in [0, 0.1) is 5.92 Å². The van der Waals surface area contributed by atoms with Crippen molar-refractivity contribution in [1.29, 1.82) is 0 Å². The molecule has 6 heteroatoms. The number of nitrogens with zero attached hydrogens (tertiary/aromatic N) is 1. The van der Waals surface area contributed by atoms with Gasteiger partial charge in [0.2, 0.25) is 11.8 Å². The number of benzene rings is 2. The Labute approximate surface area is 170 Å². The maximum Gasteiger partial charge on any atom is 0.303 e. The fraction of sp³-hybridized carbons (Fsp3) is 0.348. The molecule has 2 aromatic carbocycles. The summed E-state index contributed by atoms with van der Waals surface area (Å²) in [5.41, 5.74) is 1.89. The van der Waals surface area contributed by atoms with Gasteiger partial charge in [-0.1, -0.05) is 60.7 Å². The molecule has 0 radical (unpaired) electrons. The normalized spacial score (nSPS) is 18.3. The van der Waals surface area contributed by atoms with Crippen molar-refractivity contribution in [2.24, 2.45) is 5.92 Å². The van der Waals surface area contributed by atoms with Crippen LogP contribution in [0.2, 0.25) is 0 Å². The lowest BCUT2D eigenvalue weighted by Gasteiger charge is -2.25. The zero-order valence-corrected chi connectivity index (χ0v) is 16.5. The van der Waals surface area contributed by atoms with E-state index in [0.29, 0.717) is 13.0 Å². The lowest BCUT2D eigenvalue weighted by Crippen LogP contribution is -2.36. The Kier molecular flexibility index (Phi) is 6.65. The fourth-order valence-electron chi connectivity index (χ4n) is 3.76. The number of amides is 2. The molecule has 0 bridgehead atoms. The van der Waals surface area contributed by atoms with Gasteiger partial charge in [0.05, 0.1) is 18.0 Å². The van der Waals surface area contributed by atoms with Crippen molar-refractivity contribution in [3.63, 3.8) is 0 Å². The summed E-state index contributed by atoms with van der Waals surface area (Å²) >= 11 is 0. The van der Waals surface area contributed by atoms with Crippen molar-refractivity contribution >= 4 is 17.8 Å². The van der Waals surface area contributed by atoms with Gasteiger partial charge < -0.3 is 15.3 Å². The van der Waals surface area contributed by atoms with Crippen LogP contribution in [0.25, 0.3) is 0 Å². The van der Waals surface area contributed by atoms with Gasteiger partial charge in [-0.25, -0.2) is 0 Å². The minimum Gasteiger partial charge on any atom is -0.481 e. The molecule has 0 spiro atoms. The van der Waals surface area contributed by atoms with Crippen LogP contribution in [0.4, 0.5) is 0 Å². The van der Waals surface area contributed by atoms with Crippen LogP contribution in [-0.2, 0) is 14.4 Å². The molecule has 1 heterocycles. The molecule has 1 saturated heterocycles. The van der Waals surface area contributed by atoms with E-state index >= 15 is 0 Å². The highest BCUT2D eigenvalue weighted by atomic mass is 16.4. The molecule has 6 nitrogen and oxygen atoms in total. The van der Waals surface area contributed by atoms with Crippen molar-refractivity contribution < 1.29 is 19.5 Å². The van der Waals surface area contributed by atoms with Crippen molar-refractivity contribution in [3.05, 3.63) is 71.8 Å². The number of likely N-dealkylation sites (tertiary alicyclic amines) is 1. The minimum atomic E-state index is -0.904. The highest BCUT2D eigenvalue weighted by Gasteiger charge is 2.37. The molecule has 0 saturated carbocycles. The molecule has 2 amide bonds. The molecule has 29 heavy (non-hydrogen) atoms. The number of rotatable bonds is 8. The van der Waals surface area contributed by atoms with Gasteiger partial charge in [0, 0.05) is 19.4 Å². The molecule has 3 rings (SSSR count). The van der Waals surface area contributed by atoms with E-state index in [1.165, 1.54) is 0 Å². The Hall–Kier alpha value is -3.15. The number of carboxylic acid groups (broad SMARTS) is 1. The van der Waals surface area contributed by atoms with E-state index in [1.54, 1.807) is 4.90 Å². The Balaban J connectivity index is 1.67. The predicted molar refractivity (Wildman–Crippen MR) is 109 cm³/mol. The SMILES string of the molecule is CC(c1ccccc1)N1CC(C(=O)NC(CCC(=O)O)c2ccccc2)CC1=O. The number of nitrogens with one attached hydrogen (secondary N) is 1. The monoisotopic (exact) mass is 394 g/mol. The van der Waals surface area contributed by atoms with Crippen LogP contribution in [0.1, 0.15) is 49.4 Å². The number of carbonyl (C=O) groups excluding carboxylic acids is 2. The number of carbonyl (C=O) groups is 3. The largest absolute Gasteiger partial charge is 0.481 e. The second-order valence-corrected chi connectivity index (χ2v) is 7.44. The van der Waals surface area contributed by atoms with Crippen LogP contribution in [0.5, 0.6) is 0 Å². The smallest absolute Gasteiger partial charge is 0.303 e. The predicted octanol–water partition coefficient (Wildman–Crippen LogP) is 3.32. The average molecular weight is 394 g/mol. The first-order valence-corrected chi connectivity index (χ1v) is 9.87. The molecule has 2 N–H and O–H groups in total. The molecule has 1 fully saturated rings. The molecular formula is C23H26N2O4. The summed E-state index contributed by atoms with van der Waals surface area (Å²) in [5.74, 6) is -1.59. The Morgan fingerprint density at radius 1 is 1.07 bits per heavy atom. The van der Waals surface area contributed by atoms with Crippen molar-refractivity contribution in [2.45, 2.75) is 38.3 Å². The summed E-state index contributed by atoms with van der Waals surface area (Å²) in [6.07, 6.45) is 0.430. The van der Waals surface area contributed by atoms with Crippen LogP contribution in [0.15, 0.2) is 60.7 Å². The maximum absolute atomic E-state index is 12.9. The van der Waals surface area contributed by atoms with Gasteiger partial charge in [-0.15, -0.1) is 0 Å². The summed E-state index contributed by atoms with van der Waals surface area (Å²) in [6.45, 7) is 2.33. The third kappa shape index (κ3) is 5.22. The molecule has 1 aliphatic heterocycles. The summed E-state index contributed by atoms with van der Waals surface area (Å²) in [5, 5.41) is 12.0. The van der Waals surface area contributed by atoms with Crippen LogP contribution < -0.4 is 5.32 Å². The van der Waals surface area contributed by atoms with Gasteiger partial charge in [-0.05, 0) is 24.5 Å². The first-order valence-electron chi connectivity index (χ1n) is 9.87. The van der Waals surface area contributed by atoms with Crippen molar-refractivity contribution in [3.8, 4) is 0 Å². The van der Waals surface area contributed by atoms with E-state index in [9.17, 15) is 14.4 Å². The summed E-state index contributed by atoms with van der Waals surface area (Å²) in [4.78, 5) is 38.2. The minimum absolute atomic E-state index is 0.0386. The molecule has 3 unspecified atom stereocenters. The molecular weight excluding hydrogens is 368 g/mol. The number of aliphatic carboxylic acids is 1. The van der Waals surface area contributed by atoms with Gasteiger partial charge in [0.15, 0.2) is 0 Å². The molecule has 152 valence electrons. The quantitative estimate of drug-likeness (QED) is 0.719. The molecule has 2 aromatic rings. The van der Waals surface area contributed by atoms with Gasteiger partial charge in [0.1, 0.15) is 0 Å². The molecule has 3 atom stereocenters. The lowest BCUT2D eigenvalue weighted by atomic mass is 10.00. The van der Waals surface area contributed by atoms with E-state index in [0.717, 1.165) is 11.1 Å². The van der Waals surface area contributed by atoms with Crippen molar-refractivity contribution in [1.82, 2.24) is 10.2 Å². The van der Waals surface area contributed by atoms with E-state index < -0.39 is 17.9 Å². The van der Waals surface area contributed by atoms with Crippen molar-refractivity contribution in [2.75, 3.05) is 6.54 Å². The topological polar surface area (TPSA) is 86.7 Å². The van der Waals surface area contributed by atoms with Gasteiger partial charge in [-0.3, -0.25) is 14.4 Å². The standard InChI is InChI=1S/C23H26N2O4/c1-16(17-8-4-2-5-9-17)25-15-19(14-21(25)26)23(29)24-20(12-13-22(27)28)18-10-6-3-7-11-18/h2-11,16,19-20H,12-15H2,1H3,(H,24,29)(H,27,28). The van der Waals surface area contributed by atoms with Crippen LogP contribution in [0.3, 0.4) is 0 Å². The van der Waals surface area contributed by atoms with Gasteiger partial charge >= 0.3 is 5.97 Å². The molecule has 0 aromatic heterocycles. The van der Waals surface area contributed by atoms with E-state index in [1.807, 2.05) is 67.6 Å². The zero-order chi connectivity index (χ0) is 20.8. The van der Waals surface area contributed by atoms with Crippen LogP contribution >= 0.6 is 0 Å². The number of carboxylic acids is 1. The van der Waals surface area contributed by atoms with Crippen LogP contribution in [-0.4, -0.2) is 34.3 Å². The first kappa shape index (κ1) is 20.6. The Bertz CT molecular complexity index is 854. The third-order valence-corrected chi connectivity index (χ3v) is 5.44. The van der Waals surface area contributed by atoms with E-state index in [-0.39, 0.29) is 30.7 Å². The van der Waals surface area contributed by atoms with E-state index in [2.05, 4.69) is 5.32 Å². The second-order valence-electron chi connectivity index (χ2n) is 7.44. The summed E-state index contributed by atoms with van der Waals surface area (Å²) < 4.78 is 0. The number of hydrogen-bond donors (Lipinski definition) is 2. The molecule has 1 aliphatic rings. The average Bonchev–Trinajstić information content (AvgIpc) is 3.13. The summed E-state index contributed by atoms with van der Waals surface area (Å²) in [6, 6.07) is 18.6. The lowest BCUT2D eigenvalue weighted by molar-refractivity contribution is -0.137. The highest BCUT2D eigenvalue weighted by molar-refractivity contribution is 5.89. The third-order valence-electron chi connectivity index (χ3n) is 5.44. The Morgan fingerprint density at radius 3 is 2.24 bits per heavy atom. The van der Waals surface area contributed by atoms with E-state index in [4.69, 9.17) is 5.11 Å². The zero-order valence-electron chi connectivity index (χ0n) is 16.5. The summed E-state index contributed by atoms with van der Waals surface area (Å²) in [7, 11) is 0. The fourth-order valence-corrected chi connectivity index (χ4v) is 3.76. The van der Waals surface area contributed by atoms with Gasteiger partial charge in [0.25, 0.3) is 0 Å². The molecule has 0 aliphatic carbocycles. The maximum atomic E-state index is 12.9. The second kappa shape index (κ2) is 9.37. The highest BCUT2D eigenvalue weighted by Crippen LogP contribution is 2.29. The number of hydrogen-bond acceptors (Lipinski definition) is 3. The first-order chi connectivity index (χ1) is 14.0. The Morgan fingerprint density at radius 2 is 1.66 bits per heavy atom. The van der Waals surface area contributed by atoms with Gasteiger partial charge in [-0.2, -0.15) is 0 Å².